The van der Waals surface area contributed by atoms with Crippen molar-refractivity contribution >= 4 is 23.5 Å². The number of thioether (sulfide) groups is 1. The second kappa shape index (κ2) is 10.9. The zero-order valence-corrected chi connectivity index (χ0v) is 20.2. The van der Waals surface area contributed by atoms with Crippen molar-refractivity contribution in [1.29, 1.82) is 0 Å². The lowest BCUT2D eigenvalue weighted by molar-refractivity contribution is 0.251. The van der Waals surface area contributed by atoms with Gasteiger partial charge >= 0.3 is 6.03 Å². The first-order chi connectivity index (χ1) is 16.5. The van der Waals surface area contributed by atoms with E-state index in [2.05, 4.69) is 26.9 Å². The molecule has 0 aliphatic carbocycles. The Labute approximate surface area is 203 Å². The summed E-state index contributed by atoms with van der Waals surface area (Å²) < 4.78 is 7.31. The molecule has 0 aliphatic heterocycles. The number of hydrogen-bond acceptors (Lipinski definition) is 5. The van der Waals surface area contributed by atoms with Crippen LogP contribution in [-0.2, 0) is 12.3 Å². The highest BCUT2D eigenvalue weighted by atomic mass is 32.2. The summed E-state index contributed by atoms with van der Waals surface area (Å²) in [4.78, 5) is 12.4. The van der Waals surface area contributed by atoms with Crippen LogP contribution in [-0.4, -0.2) is 27.9 Å². The minimum Gasteiger partial charge on any atom is -0.497 e. The average molecular weight is 474 g/mol. The molecule has 0 bridgehead atoms. The summed E-state index contributed by atoms with van der Waals surface area (Å²) in [6.45, 7) is 4.29. The van der Waals surface area contributed by atoms with Crippen LogP contribution < -0.4 is 15.4 Å². The Bertz CT molecular complexity index is 1250. The molecule has 0 aliphatic rings. The number of hydrogen-bond donors (Lipinski definition) is 2. The molecule has 0 radical (unpaired) electrons. The van der Waals surface area contributed by atoms with Gasteiger partial charge in [-0.05, 0) is 55.8 Å². The van der Waals surface area contributed by atoms with Gasteiger partial charge in [0.1, 0.15) is 5.75 Å². The number of carbonyl (C=O) groups is 1. The molecule has 1 heterocycles. The third kappa shape index (κ3) is 5.96. The number of benzene rings is 3. The predicted molar refractivity (Wildman–Crippen MR) is 136 cm³/mol. The van der Waals surface area contributed by atoms with Crippen molar-refractivity contribution in [2.24, 2.45) is 0 Å². The van der Waals surface area contributed by atoms with Crippen molar-refractivity contribution in [2.75, 3.05) is 12.4 Å². The molecule has 0 saturated carbocycles. The van der Waals surface area contributed by atoms with Crippen molar-refractivity contribution in [1.82, 2.24) is 20.1 Å². The van der Waals surface area contributed by atoms with Gasteiger partial charge in [-0.15, -0.1) is 10.2 Å². The van der Waals surface area contributed by atoms with Crippen molar-refractivity contribution in [3.05, 3.63) is 95.3 Å². The summed E-state index contributed by atoms with van der Waals surface area (Å²) in [5, 5.41) is 15.3. The van der Waals surface area contributed by atoms with Crippen LogP contribution in [0.1, 0.15) is 22.5 Å². The Hall–Kier alpha value is -3.78. The summed E-state index contributed by atoms with van der Waals surface area (Å²) in [6.07, 6.45) is 0. The third-order valence-corrected chi connectivity index (χ3v) is 6.21. The fourth-order valence-electron chi connectivity index (χ4n) is 3.34. The van der Waals surface area contributed by atoms with E-state index >= 15 is 0 Å². The molecule has 0 saturated heterocycles. The molecule has 174 valence electrons. The monoisotopic (exact) mass is 473 g/mol. The molecule has 34 heavy (non-hydrogen) atoms. The number of urea groups is 1. The number of nitrogens with one attached hydrogen (secondary N) is 2. The zero-order valence-electron chi connectivity index (χ0n) is 19.4. The van der Waals surface area contributed by atoms with Crippen molar-refractivity contribution < 1.29 is 9.53 Å². The summed E-state index contributed by atoms with van der Waals surface area (Å²) in [5.74, 6) is 2.18. The van der Waals surface area contributed by atoms with E-state index in [0.717, 1.165) is 33.4 Å². The minimum atomic E-state index is -0.298. The van der Waals surface area contributed by atoms with E-state index in [9.17, 15) is 4.79 Å². The fraction of sp³-hybridized carbons (Fsp3) is 0.192. The standard InChI is InChI=1S/C26H27N5O2S/c1-18-7-11-21(12-8-18)28-25(32)27-16-24-29-30-26(31(24)22-13-9-19(2)10-14-22)34-17-20-5-4-6-23(15-20)33-3/h4-15H,16-17H2,1-3H3,(H2,27,28,32). The van der Waals surface area contributed by atoms with E-state index in [-0.39, 0.29) is 12.6 Å². The molecule has 0 fully saturated rings. The first-order valence-electron chi connectivity index (χ1n) is 10.9. The number of amides is 2. The Morgan fingerprint density at radius 2 is 1.68 bits per heavy atom. The Balaban J connectivity index is 1.50. The Kier molecular flexibility index (Phi) is 7.49. The van der Waals surface area contributed by atoms with Gasteiger partial charge in [0.15, 0.2) is 11.0 Å². The van der Waals surface area contributed by atoms with Gasteiger partial charge in [0.2, 0.25) is 0 Å². The van der Waals surface area contributed by atoms with Crippen LogP contribution in [0, 0.1) is 13.8 Å². The number of carbonyl (C=O) groups excluding carboxylic acids is 1. The Morgan fingerprint density at radius 1 is 0.971 bits per heavy atom. The highest BCUT2D eigenvalue weighted by Crippen LogP contribution is 2.27. The van der Waals surface area contributed by atoms with Gasteiger partial charge in [-0.3, -0.25) is 4.57 Å². The SMILES string of the molecule is COc1cccc(CSc2nnc(CNC(=O)Nc3ccc(C)cc3)n2-c2ccc(C)cc2)c1. The van der Waals surface area contributed by atoms with E-state index < -0.39 is 0 Å². The second-order valence-corrected chi connectivity index (χ2v) is 8.83. The van der Waals surface area contributed by atoms with Gasteiger partial charge in [0.05, 0.1) is 13.7 Å². The second-order valence-electron chi connectivity index (χ2n) is 7.88. The lowest BCUT2D eigenvalue weighted by Crippen LogP contribution is -2.29. The van der Waals surface area contributed by atoms with Crippen LogP contribution >= 0.6 is 11.8 Å². The van der Waals surface area contributed by atoms with Crippen molar-refractivity contribution in [3.63, 3.8) is 0 Å². The Morgan fingerprint density at radius 3 is 2.38 bits per heavy atom. The van der Waals surface area contributed by atoms with Crippen LogP contribution in [0.25, 0.3) is 5.69 Å². The number of anilines is 1. The van der Waals surface area contributed by atoms with Crippen LogP contribution in [0.4, 0.5) is 10.5 Å². The van der Waals surface area contributed by atoms with Crippen LogP contribution in [0.2, 0.25) is 0 Å². The van der Waals surface area contributed by atoms with Crippen LogP contribution in [0.15, 0.2) is 78.0 Å². The van der Waals surface area contributed by atoms with Gasteiger partial charge < -0.3 is 15.4 Å². The van der Waals surface area contributed by atoms with E-state index in [4.69, 9.17) is 4.74 Å². The normalized spacial score (nSPS) is 10.7. The summed E-state index contributed by atoms with van der Waals surface area (Å²) in [6, 6.07) is 23.5. The smallest absolute Gasteiger partial charge is 0.319 e. The van der Waals surface area contributed by atoms with Gasteiger partial charge in [0.25, 0.3) is 0 Å². The first kappa shape index (κ1) is 23.4. The highest BCUT2D eigenvalue weighted by Gasteiger charge is 2.16. The molecule has 2 amide bonds. The number of rotatable bonds is 8. The summed E-state index contributed by atoms with van der Waals surface area (Å²) in [7, 11) is 1.66. The predicted octanol–water partition coefficient (Wildman–Crippen LogP) is 5.51. The van der Waals surface area contributed by atoms with Gasteiger partial charge in [0, 0.05) is 17.1 Å². The maximum atomic E-state index is 12.4. The zero-order chi connectivity index (χ0) is 23.9. The molecular weight excluding hydrogens is 446 g/mol. The molecule has 1 aromatic heterocycles. The molecule has 8 heteroatoms. The number of nitrogens with zero attached hydrogens (tertiary/aromatic N) is 3. The maximum absolute atomic E-state index is 12.4. The summed E-state index contributed by atoms with van der Waals surface area (Å²) >= 11 is 1.58. The quantitative estimate of drug-likeness (QED) is 0.330. The first-order valence-corrected chi connectivity index (χ1v) is 11.9. The molecule has 4 aromatic rings. The number of methoxy groups -OCH3 is 1. The van der Waals surface area contributed by atoms with E-state index in [1.807, 2.05) is 85.1 Å². The molecule has 0 unspecified atom stereocenters. The highest BCUT2D eigenvalue weighted by molar-refractivity contribution is 7.98. The third-order valence-electron chi connectivity index (χ3n) is 5.21. The number of ether oxygens (including phenoxy) is 1. The van der Waals surface area contributed by atoms with Gasteiger partial charge in [-0.25, -0.2) is 4.79 Å². The average Bonchev–Trinajstić information content (AvgIpc) is 3.26. The molecule has 2 N–H and O–H groups in total. The van der Waals surface area contributed by atoms with Gasteiger partial charge in [-0.1, -0.05) is 59.3 Å². The molecule has 0 atom stereocenters. The van der Waals surface area contributed by atoms with Crippen LogP contribution in [0.5, 0.6) is 5.75 Å². The minimum absolute atomic E-state index is 0.234. The van der Waals surface area contributed by atoms with Crippen molar-refractivity contribution in [3.8, 4) is 11.4 Å². The number of aryl methyl sites for hydroxylation is 2. The topological polar surface area (TPSA) is 81.1 Å². The largest absolute Gasteiger partial charge is 0.497 e. The van der Waals surface area contributed by atoms with Crippen LogP contribution in [0.3, 0.4) is 0 Å². The van der Waals surface area contributed by atoms with E-state index in [1.54, 1.807) is 18.9 Å². The molecule has 3 aromatic carbocycles. The van der Waals surface area contributed by atoms with E-state index in [1.165, 1.54) is 5.56 Å². The van der Waals surface area contributed by atoms with E-state index in [0.29, 0.717) is 11.6 Å². The van der Waals surface area contributed by atoms with Crippen molar-refractivity contribution in [2.45, 2.75) is 31.3 Å². The molecular formula is C26H27N5O2S. The van der Waals surface area contributed by atoms with Gasteiger partial charge in [-0.2, -0.15) is 0 Å². The molecule has 0 spiro atoms. The number of aromatic nitrogens is 3. The maximum Gasteiger partial charge on any atom is 0.319 e. The lowest BCUT2D eigenvalue weighted by atomic mass is 10.2. The summed E-state index contributed by atoms with van der Waals surface area (Å²) in [5.41, 5.74) is 5.10. The molecule has 7 nitrogen and oxygen atoms in total. The fourth-order valence-corrected chi connectivity index (χ4v) is 4.26. The lowest BCUT2D eigenvalue weighted by Gasteiger charge is -2.12. The molecule has 4 rings (SSSR count).